The summed E-state index contributed by atoms with van der Waals surface area (Å²) in [6, 6.07) is 8.22. The van der Waals surface area contributed by atoms with Gasteiger partial charge in [-0.05, 0) is 42.9 Å². The number of hydrogen-bond donors (Lipinski definition) is 1. The maximum atomic E-state index is 11.6. The Morgan fingerprint density at radius 2 is 2.13 bits per heavy atom. The fourth-order valence-electron chi connectivity index (χ4n) is 3.21. The van der Waals surface area contributed by atoms with Gasteiger partial charge >= 0.3 is 0 Å². The molecule has 5 heteroatoms. The van der Waals surface area contributed by atoms with Crippen LogP contribution in [0.25, 0.3) is 20.8 Å². The predicted molar refractivity (Wildman–Crippen MR) is 98.4 cm³/mol. The number of fused-ring (bicyclic) bond motifs is 2. The zero-order chi connectivity index (χ0) is 16.0. The molecule has 118 valence electrons. The number of anilines is 1. The van der Waals surface area contributed by atoms with E-state index in [1.54, 1.807) is 29.6 Å². The van der Waals surface area contributed by atoms with Gasteiger partial charge in [0.1, 0.15) is 10.0 Å². The molecule has 1 aliphatic carbocycles. The van der Waals surface area contributed by atoms with Crippen LogP contribution in [0.2, 0.25) is 0 Å². The lowest BCUT2D eigenvalue weighted by atomic mass is 9.88. The first-order valence-electron chi connectivity index (χ1n) is 7.90. The number of thiophene rings is 1. The summed E-state index contributed by atoms with van der Waals surface area (Å²) in [5.74, 6) is 0.675. The van der Waals surface area contributed by atoms with Crippen molar-refractivity contribution in [3.63, 3.8) is 0 Å². The van der Waals surface area contributed by atoms with E-state index in [-0.39, 0.29) is 5.91 Å². The highest BCUT2D eigenvalue weighted by atomic mass is 32.1. The molecule has 1 amide bonds. The molecule has 0 fully saturated rings. The minimum Gasteiger partial charge on any atom is -0.317 e. The number of carbonyl (C=O) groups is 1. The van der Waals surface area contributed by atoms with Crippen molar-refractivity contribution in [1.82, 2.24) is 4.98 Å². The van der Waals surface area contributed by atoms with E-state index in [9.17, 15) is 4.79 Å². The Labute approximate surface area is 143 Å². The van der Waals surface area contributed by atoms with Crippen molar-refractivity contribution in [3.8, 4) is 10.6 Å². The molecule has 1 unspecified atom stereocenters. The third kappa shape index (κ3) is 2.68. The third-order valence-corrected chi connectivity index (χ3v) is 6.57. The SMILES string of the molecule is CC(=O)Nc1sc2c(c1-c1nc3ccccc3s1)CC(C)CC2. The number of aryl methyl sites for hydroxylation is 1. The molecular weight excluding hydrogens is 324 g/mol. The maximum absolute atomic E-state index is 11.6. The standard InChI is InChI=1S/C18H18N2OS2/c1-10-7-8-14-12(9-10)16(17(22-14)19-11(2)21)18-20-13-5-3-4-6-15(13)23-18/h3-6,10H,7-9H2,1-2H3,(H,19,21). The minimum absolute atomic E-state index is 0.0148. The number of nitrogens with zero attached hydrogens (tertiary/aromatic N) is 1. The molecule has 0 aliphatic heterocycles. The van der Waals surface area contributed by atoms with Gasteiger partial charge in [-0.25, -0.2) is 4.98 Å². The summed E-state index contributed by atoms with van der Waals surface area (Å²) in [6.07, 6.45) is 3.42. The second-order valence-corrected chi connectivity index (χ2v) is 8.36. The summed E-state index contributed by atoms with van der Waals surface area (Å²) >= 11 is 3.45. The molecule has 2 aromatic heterocycles. The molecule has 2 heterocycles. The van der Waals surface area contributed by atoms with E-state index < -0.39 is 0 Å². The van der Waals surface area contributed by atoms with Crippen molar-refractivity contribution >= 4 is 43.8 Å². The lowest BCUT2D eigenvalue weighted by Gasteiger charge is -2.18. The zero-order valence-corrected chi connectivity index (χ0v) is 14.8. The first-order chi connectivity index (χ1) is 11.1. The molecule has 0 saturated heterocycles. The van der Waals surface area contributed by atoms with Gasteiger partial charge in [0, 0.05) is 17.4 Å². The van der Waals surface area contributed by atoms with Crippen LogP contribution in [-0.4, -0.2) is 10.9 Å². The average molecular weight is 342 g/mol. The van der Waals surface area contributed by atoms with Crippen molar-refractivity contribution < 1.29 is 4.79 Å². The van der Waals surface area contributed by atoms with E-state index in [0.29, 0.717) is 5.92 Å². The van der Waals surface area contributed by atoms with Gasteiger partial charge in [0.2, 0.25) is 5.91 Å². The Morgan fingerprint density at radius 3 is 2.91 bits per heavy atom. The maximum Gasteiger partial charge on any atom is 0.221 e. The number of aromatic nitrogens is 1. The van der Waals surface area contributed by atoms with Crippen molar-refractivity contribution in [3.05, 3.63) is 34.7 Å². The number of rotatable bonds is 2. The molecule has 3 nitrogen and oxygen atoms in total. The van der Waals surface area contributed by atoms with Crippen LogP contribution < -0.4 is 5.32 Å². The fraction of sp³-hybridized carbons (Fsp3) is 0.333. The van der Waals surface area contributed by atoms with Gasteiger partial charge in [-0.1, -0.05) is 19.1 Å². The third-order valence-electron chi connectivity index (χ3n) is 4.30. The zero-order valence-electron chi connectivity index (χ0n) is 13.2. The monoisotopic (exact) mass is 342 g/mol. The normalized spacial score (nSPS) is 17.2. The summed E-state index contributed by atoms with van der Waals surface area (Å²) in [5.41, 5.74) is 3.59. The van der Waals surface area contributed by atoms with E-state index in [2.05, 4.69) is 24.4 Å². The molecule has 23 heavy (non-hydrogen) atoms. The quantitative estimate of drug-likeness (QED) is 0.703. The average Bonchev–Trinajstić information content (AvgIpc) is 3.06. The number of benzene rings is 1. The van der Waals surface area contributed by atoms with Gasteiger partial charge in [0.15, 0.2) is 0 Å². The van der Waals surface area contributed by atoms with E-state index in [4.69, 9.17) is 4.98 Å². The molecule has 0 spiro atoms. The molecular formula is C18H18N2OS2. The van der Waals surface area contributed by atoms with Gasteiger partial charge in [0.05, 0.1) is 10.2 Å². The second kappa shape index (κ2) is 5.73. The van der Waals surface area contributed by atoms with Crippen LogP contribution in [0.3, 0.4) is 0 Å². The summed E-state index contributed by atoms with van der Waals surface area (Å²) in [6.45, 7) is 3.88. The largest absolute Gasteiger partial charge is 0.317 e. The minimum atomic E-state index is -0.0148. The van der Waals surface area contributed by atoms with Gasteiger partial charge in [-0.3, -0.25) is 4.79 Å². The Hall–Kier alpha value is -1.72. The number of para-hydroxylation sites is 1. The van der Waals surface area contributed by atoms with Crippen LogP contribution in [0.5, 0.6) is 0 Å². The number of thiazole rings is 1. The lowest BCUT2D eigenvalue weighted by Crippen LogP contribution is -2.10. The van der Waals surface area contributed by atoms with Crippen molar-refractivity contribution in [1.29, 1.82) is 0 Å². The van der Waals surface area contributed by atoms with E-state index >= 15 is 0 Å². The summed E-state index contributed by atoms with van der Waals surface area (Å²) in [7, 11) is 0. The summed E-state index contributed by atoms with van der Waals surface area (Å²) < 4.78 is 1.19. The Bertz CT molecular complexity index is 861. The van der Waals surface area contributed by atoms with Crippen molar-refractivity contribution in [2.75, 3.05) is 5.32 Å². The van der Waals surface area contributed by atoms with Gasteiger partial charge in [-0.15, -0.1) is 22.7 Å². The summed E-state index contributed by atoms with van der Waals surface area (Å²) in [5, 5.41) is 5.03. The topological polar surface area (TPSA) is 42.0 Å². The van der Waals surface area contributed by atoms with Crippen LogP contribution >= 0.6 is 22.7 Å². The van der Waals surface area contributed by atoms with E-state index in [1.165, 1.54) is 21.6 Å². The van der Waals surface area contributed by atoms with Crippen LogP contribution in [0.15, 0.2) is 24.3 Å². The highest BCUT2D eigenvalue weighted by Crippen LogP contribution is 2.46. The van der Waals surface area contributed by atoms with E-state index in [0.717, 1.165) is 33.9 Å². The molecule has 1 aromatic carbocycles. The molecule has 3 aromatic rings. The van der Waals surface area contributed by atoms with E-state index in [1.807, 2.05) is 12.1 Å². The number of nitrogens with one attached hydrogen (secondary N) is 1. The first kappa shape index (κ1) is 14.8. The van der Waals surface area contributed by atoms with Gasteiger partial charge < -0.3 is 5.32 Å². The number of carbonyl (C=O) groups excluding carboxylic acids is 1. The smallest absolute Gasteiger partial charge is 0.221 e. The number of amides is 1. The van der Waals surface area contributed by atoms with Gasteiger partial charge in [0.25, 0.3) is 0 Å². The van der Waals surface area contributed by atoms with Crippen molar-refractivity contribution in [2.24, 2.45) is 5.92 Å². The highest BCUT2D eigenvalue weighted by molar-refractivity contribution is 7.22. The molecule has 1 N–H and O–H groups in total. The Kier molecular flexibility index (Phi) is 3.70. The van der Waals surface area contributed by atoms with Crippen LogP contribution in [0, 0.1) is 5.92 Å². The van der Waals surface area contributed by atoms with Crippen LogP contribution in [-0.2, 0) is 17.6 Å². The number of hydrogen-bond acceptors (Lipinski definition) is 4. The van der Waals surface area contributed by atoms with Crippen LogP contribution in [0.1, 0.15) is 30.7 Å². The molecule has 4 rings (SSSR count). The second-order valence-electron chi connectivity index (χ2n) is 6.22. The molecule has 1 aliphatic rings. The van der Waals surface area contributed by atoms with Gasteiger partial charge in [-0.2, -0.15) is 0 Å². The van der Waals surface area contributed by atoms with Crippen LogP contribution in [0.4, 0.5) is 5.00 Å². The lowest BCUT2D eigenvalue weighted by molar-refractivity contribution is -0.114. The first-order valence-corrected chi connectivity index (χ1v) is 9.53. The Balaban J connectivity index is 1.91. The molecule has 0 radical (unpaired) electrons. The van der Waals surface area contributed by atoms with Crippen molar-refractivity contribution in [2.45, 2.75) is 33.1 Å². The molecule has 1 atom stereocenters. The predicted octanol–water partition coefficient (Wildman–Crippen LogP) is 5.11. The molecule has 0 bridgehead atoms. The highest BCUT2D eigenvalue weighted by Gasteiger charge is 2.26. The Morgan fingerprint density at radius 1 is 1.30 bits per heavy atom. The fourth-order valence-corrected chi connectivity index (χ4v) is 5.61. The summed E-state index contributed by atoms with van der Waals surface area (Å²) in [4.78, 5) is 17.9. The molecule has 0 saturated carbocycles.